The molecule has 1 N–H and O–H groups in total. The van der Waals surface area contributed by atoms with Gasteiger partial charge in [0.05, 0.1) is 11.3 Å². The minimum Gasteiger partial charge on any atom is -0.478 e. The van der Waals surface area contributed by atoms with E-state index < -0.39 is 5.97 Å². The number of carbonyl (C=O) groups is 1. The summed E-state index contributed by atoms with van der Waals surface area (Å²) in [7, 11) is 0. The third kappa shape index (κ3) is 2.38. The van der Waals surface area contributed by atoms with E-state index in [2.05, 4.69) is 15.5 Å². The summed E-state index contributed by atoms with van der Waals surface area (Å²) >= 11 is 0. The Bertz CT molecular complexity index is 783. The smallest absolute Gasteiger partial charge is 0.336 e. The van der Waals surface area contributed by atoms with Crippen LogP contribution in [0.5, 0.6) is 0 Å². The van der Waals surface area contributed by atoms with Gasteiger partial charge < -0.3 is 5.11 Å². The molecule has 0 unspecified atom stereocenters. The maximum absolute atomic E-state index is 11.5. The standard InChI is InChI=1S/C15H12N4O2/c1-10-13(11-5-3-2-4-6-11)7-12(8-14(10)15(20)21)19-9-16-17-18-19/h2-9H,1H3,(H,20,21). The Morgan fingerprint density at radius 2 is 1.95 bits per heavy atom. The molecule has 0 fully saturated rings. The highest BCUT2D eigenvalue weighted by Crippen LogP contribution is 2.28. The molecule has 1 aromatic heterocycles. The Balaban J connectivity index is 2.26. The molecule has 0 aliphatic carbocycles. The van der Waals surface area contributed by atoms with Gasteiger partial charge in [-0.05, 0) is 46.2 Å². The minimum atomic E-state index is -0.973. The third-order valence-corrected chi connectivity index (χ3v) is 3.32. The van der Waals surface area contributed by atoms with Crippen LogP contribution in [-0.4, -0.2) is 31.3 Å². The number of nitrogens with zero attached hydrogens (tertiary/aromatic N) is 4. The zero-order valence-corrected chi connectivity index (χ0v) is 11.3. The lowest BCUT2D eigenvalue weighted by atomic mass is 9.95. The topological polar surface area (TPSA) is 80.9 Å². The van der Waals surface area contributed by atoms with E-state index in [-0.39, 0.29) is 5.56 Å². The van der Waals surface area contributed by atoms with Crippen LogP contribution in [0.15, 0.2) is 48.8 Å². The second-order valence-corrected chi connectivity index (χ2v) is 4.59. The molecule has 0 aliphatic heterocycles. The molecule has 21 heavy (non-hydrogen) atoms. The van der Waals surface area contributed by atoms with Crippen molar-refractivity contribution in [2.75, 3.05) is 0 Å². The summed E-state index contributed by atoms with van der Waals surface area (Å²) in [6.07, 6.45) is 1.44. The Morgan fingerprint density at radius 1 is 1.19 bits per heavy atom. The molecule has 0 bridgehead atoms. The lowest BCUT2D eigenvalue weighted by Gasteiger charge is -2.12. The summed E-state index contributed by atoms with van der Waals surface area (Å²) in [5.41, 5.74) is 3.36. The van der Waals surface area contributed by atoms with E-state index >= 15 is 0 Å². The molecule has 104 valence electrons. The van der Waals surface area contributed by atoms with Gasteiger partial charge in [0.2, 0.25) is 0 Å². The average molecular weight is 280 g/mol. The summed E-state index contributed by atoms with van der Waals surface area (Å²) in [4.78, 5) is 11.5. The lowest BCUT2D eigenvalue weighted by Crippen LogP contribution is -2.05. The molecule has 0 saturated heterocycles. The van der Waals surface area contributed by atoms with Crippen molar-refractivity contribution in [3.05, 3.63) is 59.9 Å². The van der Waals surface area contributed by atoms with Crippen LogP contribution in [0.2, 0.25) is 0 Å². The van der Waals surface area contributed by atoms with Gasteiger partial charge in [-0.3, -0.25) is 0 Å². The first kappa shape index (κ1) is 13.0. The number of carboxylic acids is 1. The highest BCUT2D eigenvalue weighted by atomic mass is 16.4. The molecule has 0 amide bonds. The van der Waals surface area contributed by atoms with Crippen LogP contribution >= 0.6 is 0 Å². The zero-order chi connectivity index (χ0) is 14.8. The first-order valence-electron chi connectivity index (χ1n) is 6.33. The van der Waals surface area contributed by atoms with Gasteiger partial charge in [-0.1, -0.05) is 30.3 Å². The van der Waals surface area contributed by atoms with Crippen LogP contribution in [0.4, 0.5) is 0 Å². The summed E-state index contributed by atoms with van der Waals surface area (Å²) in [5, 5.41) is 20.4. The number of aromatic carboxylic acids is 1. The van der Waals surface area contributed by atoms with Crippen LogP contribution in [0.1, 0.15) is 15.9 Å². The number of benzene rings is 2. The Hall–Kier alpha value is -3.02. The molecule has 6 nitrogen and oxygen atoms in total. The fourth-order valence-electron chi connectivity index (χ4n) is 2.25. The Kier molecular flexibility index (Phi) is 3.19. The van der Waals surface area contributed by atoms with Gasteiger partial charge in [-0.25, -0.2) is 9.48 Å². The summed E-state index contributed by atoms with van der Waals surface area (Å²) in [5.74, 6) is -0.973. The van der Waals surface area contributed by atoms with E-state index in [0.717, 1.165) is 11.1 Å². The third-order valence-electron chi connectivity index (χ3n) is 3.32. The molecule has 0 spiro atoms. The average Bonchev–Trinajstić information content (AvgIpc) is 3.02. The lowest BCUT2D eigenvalue weighted by molar-refractivity contribution is 0.0696. The molecular formula is C15H12N4O2. The van der Waals surface area contributed by atoms with Gasteiger partial charge in [0.15, 0.2) is 0 Å². The van der Waals surface area contributed by atoms with Crippen LogP contribution in [0, 0.1) is 6.92 Å². The largest absolute Gasteiger partial charge is 0.478 e. The molecule has 0 aliphatic rings. The van der Waals surface area contributed by atoms with E-state index in [1.807, 2.05) is 36.4 Å². The molecular weight excluding hydrogens is 268 g/mol. The molecule has 0 saturated carbocycles. The fourth-order valence-corrected chi connectivity index (χ4v) is 2.25. The maximum atomic E-state index is 11.5. The highest BCUT2D eigenvalue weighted by molar-refractivity contribution is 5.93. The van der Waals surface area contributed by atoms with Gasteiger partial charge >= 0.3 is 5.97 Å². The monoisotopic (exact) mass is 280 g/mol. The van der Waals surface area contributed by atoms with Gasteiger partial charge in [-0.2, -0.15) is 0 Å². The number of tetrazole rings is 1. The molecule has 3 aromatic rings. The van der Waals surface area contributed by atoms with Crippen molar-refractivity contribution in [3.8, 4) is 16.8 Å². The quantitative estimate of drug-likeness (QED) is 0.796. The molecule has 2 aromatic carbocycles. The fraction of sp³-hybridized carbons (Fsp3) is 0.0667. The van der Waals surface area contributed by atoms with Crippen molar-refractivity contribution in [3.63, 3.8) is 0 Å². The molecule has 0 atom stereocenters. The Morgan fingerprint density at radius 3 is 2.57 bits per heavy atom. The van der Waals surface area contributed by atoms with Crippen molar-refractivity contribution in [2.45, 2.75) is 6.92 Å². The summed E-state index contributed by atoms with van der Waals surface area (Å²) < 4.78 is 1.44. The molecule has 6 heteroatoms. The van der Waals surface area contributed by atoms with E-state index in [9.17, 15) is 9.90 Å². The van der Waals surface area contributed by atoms with Crippen LogP contribution in [0.3, 0.4) is 0 Å². The van der Waals surface area contributed by atoms with Crippen molar-refractivity contribution >= 4 is 5.97 Å². The van der Waals surface area contributed by atoms with Crippen LogP contribution in [0.25, 0.3) is 16.8 Å². The van der Waals surface area contributed by atoms with Crippen molar-refractivity contribution < 1.29 is 9.90 Å². The SMILES string of the molecule is Cc1c(C(=O)O)cc(-n2cnnn2)cc1-c1ccccc1. The zero-order valence-electron chi connectivity index (χ0n) is 11.3. The summed E-state index contributed by atoms with van der Waals surface area (Å²) in [6.45, 7) is 1.80. The van der Waals surface area contributed by atoms with E-state index in [4.69, 9.17) is 0 Å². The van der Waals surface area contributed by atoms with Crippen LogP contribution < -0.4 is 0 Å². The van der Waals surface area contributed by atoms with Crippen molar-refractivity contribution in [2.24, 2.45) is 0 Å². The van der Waals surface area contributed by atoms with Crippen molar-refractivity contribution in [1.82, 2.24) is 20.2 Å². The van der Waals surface area contributed by atoms with Gasteiger partial charge in [0.25, 0.3) is 0 Å². The van der Waals surface area contributed by atoms with E-state index in [0.29, 0.717) is 11.3 Å². The maximum Gasteiger partial charge on any atom is 0.336 e. The van der Waals surface area contributed by atoms with E-state index in [1.54, 1.807) is 13.0 Å². The van der Waals surface area contributed by atoms with E-state index in [1.165, 1.54) is 11.0 Å². The molecule has 0 radical (unpaired) electrons. The predicted molar refractivity (Wildman–Crippen MR) is 76.3 cm³/mol. The van der Waals surface area contributed by atoms with Crippen molar-refractivity contribution in [1.29, 1.82) is 0 Å². The van der Waals surface area contributed by atoms with Crippen LogP contribution in [-0.2, 0) is 0 Å². The number of hydrogen-bond donors (Lipinski definition) is 1. The second kappa shape index (κ2) is 5.16. The first-order chi connectivity index (χ1) is 10.2. The number of aromatic nitrogens is 4. The first-order valence-corrected chi connectivity index (χ1v) is 6.33. The minimum absolute atomic E-state index is 0.238. The normalized spacial score (nSPS) is 10.5. The van der Waals surface area contributed by atoms with Gasteiger partial charge in [0.1, 0.15) is 6.33 Å². The predicted octanol–water partition coefficient (Wildman–Crippen LogP) is 2.34. The number of carboxylic acid groups (broad SMARTS) is 1. The highest BCUT2D eigenvalue weighted by Gasteiger charge is 2.15. The molecule has 3 rings (SSSR count). The number of hydrogen-bond acceptors (Lipinski definition) is 4. The number of rotatable bonds is 3. The summed E-state index contributed by atoms with van der Waals surface area (Å²) in [6, 6.07) is 13.1. The van der Waals surface area contributed by atoms with Gasteiger partial charge in [0, 0.05) is 0 Å². The van der Waals surface area contributed by atoms with Gasteiger partial charge in [-0.15, -0.1) is 5.10 Å². The molecule has 1 heterocycles. The Labute approximate surface area is 120 Å². The second-order valence-electron chi connectivity index (χ2n) is 4.59.